The second-order valence-corrected chi connectivity index (χ2v) is 6.15. The van der Waals surface area contributed by atoms with E-state index in [4.69, 9.17) is 9.47 Å². The predicted molar refractivity (Wildman–Crippen MR) is 103 cm³/mol. The molecule has 0 atom stereocenters. The van der Waals surface area contributed by atoms with Gasteiger partial charge < -0.3 is 25.0 Å². The molecular weight excluding hydrogens is 332 g/mol. The quantitative estimate of drug-likeness (QED) is 0.398. The Kier molecular flexibility index (Phi) is 8.05. The Bertz CT molecular complexity index is 619. The monoisotopic (exact) mass is 362 g/mol. The van der Waals surface area contributed by atoms with Crippen molar-refractivity contribution in [3.05, 3.63) is 23.8 Å². The molecular formula is C19H30N4O3. The maximum absolute atomic E-state index is 11.6. The number of carbonyl (C=O) groups is 1. The Balaban J connectivity index is 1.84. The number of hydrogen-bond donors (Lipinski definition) is 2. The number of benzene rings is 1. The molecule has 1 fully saturated rings. The molecule has 0 bridgehead atoms. The number of amides is 1. The first-order valence-corrected chi connectivity index (χ1v) is 9.18. The Hall–Kier alpha value is -2.44. The van der Waals surface area contributed by atoms with Gasteiger partial charge in [0.1, 0.15) is 0 Å². The standard InChI is InChI=1S/C19H30N4O3/c1-4-20-19(21-10-6-12-23-11-5-7-18(23)24)22-14-15-8-9-16(25-2)17(13-15)26-3/h8-9,13H,4-7,10-12,14H2,1-3H3,(H2,20,21,22). The van der Waals surface area contributed by atoms with Crippen LogP contribution in [0.3, 0.4) is 0 Å². The number of nitrogens with one attached hydrogen (secondary N) is 2. The normalized spacial score (nSPS) is 14.5. The third-order valence-corrected chi connectivity index (χ3v) is 4.28. The summed E-state index contributed by atoms with van der Waals surface area (Å²) in [6.07, 6.45) is 2.59. The van der Waals surface area contributed by atoms with Gasteiger partial charge in [0, 0.05) is 32.6 Å². The molecule has 26 heavy (non-hydrogen) atoms. The number of rotatable bonds is 9. The van der Waals surface area contributed by atoms with E-state index in [1.807, 2.05) is 30.0 Å². The third-order valence-electron chi connectivity index (χ3n) is 4.28. The summed E-state index contributed by atoms with van der Waals surface area (Å²) in [5.41, 5.74) is 1.04. The first-order valence-electron chi connectivity index (χ1n) is 9.18. The van der Waals surface area contributed by atoms with E-state index in [2.05, 4.69) is 15.6 Å². The fraction of sp³-hybridized carbons (Fsp3) is 0.579. The highest BCUT2D eigenvalue weighted by Gasteiger charge is 2.18. The van der Waals surface area contributed by atoms with Crippen LogP contribution in [0.4, 0.5) is 0 Å². The number of methoxy groups -OCH3 is 2. The summed E-state index contributed by atoms with van der Waals surface area (Å²) in [7, 11) is 3.25. The van der Waals surface area contributed by atoms with Crippen molar-refractivity contribution in [1.82, 2.24) is 15.5 Å². The molecule has 0 aliphatic carbocycles. The van der Waals surface area contributed by atoms with Crippen molar-refractivity contribution < 1.29 is 14.3 Å². The smallest absolute Gasteiger partial charge is 0.222 e. The van der Waals surface area contributed by atoms with E-state index in [1.54, 1.807) is 14.2 Å². The molecule has 7 nitrogen and oxygen atoms in total. The van der Waals surface area contributed by atoms with Gasteiger partial charge >= 0.3 is 0 Å². The molecule has 0 saturated carbocycles. The van der Waals surface area contributed by atoms with E-state index >= 15 is 0 Å². The topological polar surface area (TPSA) is 75.2 Å². The van der Waals surface area contributed by atoms with E-state index < -0.39 is 0 Å². The van der Waals surface area contributed by atoms with Crippen molar-refractivity contribution in [2.45, 2.75) is 32.7 Å². The van der Waals surface area contributed by atoms with Crippen molar-refractivity contribution in [3.8, 4) is 11.5 Å². The molecule has 7 heteroatoms. The van der Waals surface area contributed by atoms with Gasteiger partial charge in [-0.15, -0.1) is 0 Å². The van der Waals surface area contributed by atoms with Crippen LogP contribution in [-0.2, 0) is 11.3 Å². The maximum Gasteiger partial charge on any atom is 0.222 e. The van der Waals surface area contributed by atoms with Gasteiger partial charge in [-0.3, -0.25) is 4.79 Å². The van der Waals surface area contributed by atoms with Crippen LogP contribution in [0.15, 0.2) is 23.2 Å². The highest BCUT2D eigenvalue weighted by atomic mass is 16.5. The van der Waals surface area contributed by atoms with Gasteiger partial charge in [0.05, 0.1) is 20.8 Å². The van der Waals surface area contributed by atoms with Crippen molar-refractivity contribution in [1.29, 1.82) is 0 Å². The number of aliphatic imine (C=N–C) groups is 1. The molecule has 2 rings (SSSR count). The number of nitrogens with zero attached hydrogens (tertiary/aromatic N) is 2. The lowest BCUT2D eigenvalue weighted by Crippen LogP contribution is -2.39. The van der Waals surface area contributed by atoms with E-state index in [0.717, 1.165) is 50.5 Å². The van der Waals surface area contributed by atoms with Crippen LogP contribution in [0, 0.1) is 0 Å². The minimum atomic E-state index is 0.277. The summed E-state index contributed by atoms with van der Waals surface area (Å²) < 4.78 is 10.6. The highest BCUT2D eigenvalue weighted by Crippen LogP contribution is 2.27. The molecule has 1 aromatic carbocycles. The maximum atomic E-state index is 11.6. The van der Waals surface area contributed by atoms with E-state index in [0.29, 0.717) is 24.5 Å². The van der Waals surface area contributed by atoms with Crippen LogP contribution < -0.4 is 20.1 Å². The van der Waals surface area contributed by atoms with Gasteiger partial charge in [-0.05, 0) is 37.5 Å². The predicted octanol–water partition coefficient (Wildman–Crippen LogP) is 1.77. The zero-order chi connectivity index (χ0) is 18.8. The van der Waals surface area contributed by atoms with Crippen LogP contribution in [0.5, 0.6) is 11.5 Å². The molecule has 1 amide bonds. The fourth-order valence-electron chi connectivity index (χ4n) is 2.91. The van der Waals surface area contributed by atoms with Crippen LogP contribution >= 0.6 is 0 Å². The number of ether oxygens (including phenoxy) is 2. The Morgan fingerprint density at radius 3 is 2.69 bits per heavy atom. The van der Waals surface area contributed by atoms with Gasteiger partial charge in [0.25, 0.3) is 0 Å². The van der Waals surface area contributed by atoms with Crippen LogP contribution in [-0.4, -0.2) is 57.2 Å². The number of carbonyl (C=O) groups excluding carboxylic acids is 1. The Labute approximate surface area is 155 Å². The SMILES string of the molecule is CCNC(=NCc1ccc(OC)c(OC)c1)NCCCN1CCCC1=O. The lowest BCUT2D eigenvalue weighted by molar-refractivity contribution is -0.127. The highest BCUT2D eigenvalue weighted by molar-refractivity contribution is 5.79. The minimum absolute atomic E-state index is 0.277. The molecule has 0 radical (unpaired) electrons. The van der Waals surface area contributed by atoms with Gasteiger partial charge in [-0.1, -0.05) is 6.07 Å². The Morgan fingerprint density at radius 1 is 1.23 bits per heavy atom. The number of likely N-dealkylation sites (tertiary alicyclic amines) is 1. The zero-order valence-electron chi connectivity index (χ0n) is 16.0. The molecule has 0 unspecified atom stereocenters. The van der Waals surface area contributed by atoms with E-state index in [1.165, 1.54) is 0 Å². The zero-order valence-corrected chi connectivity index (χ0v) is 16.0. The van der Waals surface area contributed by atoms with E-state index in [9.17, 15) is 4.79 Å². The number of guanidine groups is 1. The van der Waals surface area contributed by atoms with Crippen molar-refractivity contribution in [3.63, 3.8) is 0 Å². The second-order valence-electron chi connectivity index (χ2n) is 6.15. The summed E-state index contributed by atoms with van der Waals surface area (Å²) in [5, 5.41) is 6.57. The van der Waals surface area contributed by atoms with Crippen molar-refractivity contribution >= 4 is 11.9 Å². The van der Waals surface area contributed by atoms with Gasteiger partial charge in [-0.2, -0.15) is 0 Å². The summed E-state index contributed by atoms with van der Waals surface area (Å²) in [4.78, 5) is 18.2. The second kappa shape index (κ2) is 10.5. The fourth-order valence-corrected chi connectivity index (χ4v) is 2.91. The van der Waals surface area contributed by atoms with Crippen molar-refractivity contribution in [2.24, 2.45) is 4.99 Å². The molecule has 1 saturated heterocycles. The first kappa shape index (κ1) is 19.9. The van der Waals surface area contributed by atoms with Crippen molar-refractivity contribution in [2.75, 3.05) is 40.4 Å². The lowest BCUT2D eigenvalue weighted by Gasteiger charge is -2.16. The molecule has 2 N–H and O–H groups in total. The first-order chi connectivity index (χ1) is 12.7. The largest absolute Gasteiger partial charge is 0.493 e. The average molecular weight is 362 g/mol. The summed E-state index contributed by atoms with van der Waals surface area (Å²) in [6, 6.07) is 5.80. The van der Waals surface area contributed by atoms with Gasteiger partial charge in [-0.25, -0.2) is 4.99 Å². The van der Waals surface area contributed by atoms with Gasteiger partial charge in [0.15, 0.2) is 17.5 Å². The Morgan fingerprint density at radius 2 is 2.04 bits per heavy atom. The molecule has 0 aromatic heterocycles. The third kappa shape index (κ3) is 5.82. The minimum Gasteiger partial charge on any atom is -0.493 e. The summed E-state index contributed by atoms with van der Waals surface area (Å²) in [6.45, 7) is 5.86. The summed E-state index contributed by atoms with van der Waals surface area (Å²) >= 11 is 0. The van der Waals surface area contributed by atoms with Crippen LogP contribution in [0.25, 0.3) is 0 Å². The summed E-state index contributed by atoms with van der Waals surface area (Å²) in [5.74, 6) is 2.46. The molecule has 1 aliphatic rings. The average Bonchev–Trinajstić information content (AvgIpc) is 3.07. The van der Waals surface area contributed by atoms with Gasteiger partial charge in [0.2, 0.25) is 5.91 Å². The molecule has 0 spiro atoms. The molecule has 144 valence electrons. The van der Waals surface area contributed by atoms with Crippen LogP contribution in [0.1, 0.15) is 31.7 Å². The molecule has 1 aliphatic heterocycles. The number of hydrogen-bond acceptors (Lipinski definition) is 4. The van der Waals surface area contributed by atoms with E-state index in [-0.39, 0.29) is 5.91 Å². The molecule has 1 heterocycles. The van der Waals surface area contributed by atoms with Crippen LogP contribution in [0.2, 0.25) is 0 Å². The molecule has 1 aromatic rings. The lowest BCUT2D eigenvalue weighted by atomic mass is 10.2.